The third-order valence-electron chi connectivity index (χ3n) is 5.41. The molecule has 2 aliphatic heterocycles. The van der Waals surface area contributed by atoms with Crippen molar-refractivity contribution in [2.45, 2.75) is 38.8 Å². The van der Waals surface area contributed by atoms with Crippen LogP contribution in [0.2, 0.25) is 0 Å². The van der Waals surface area contributed by atoms with Crippen molar-refractivity contribution in [2.24, 2.45) is 0 Å². The average molecular weight is 371 g/mol. The van der Waals surface area contributed by atoms with E-state index >= 15 is 0 Å². The van der Waals surface area contributed by atoms with Gasteiger partial charge in [0.05, 0.1) is 30.7 Å². The number of carbonyl (C=O) groups is 1. The Bertz CT molecular complexity index is 827. The lowest BCUT2D eigenvalue weighted by atomic mass is 10.0. The van der Waals surface area contributed by atoms with Crippen LogP contribution in [-0.4, -0.2) is 57.4 Å². The van der Waals surface area contributed by atoms with Crippen molar-refractivity contribution in [3.63, 3.8) is 0 Å². The molecule has 4 rings (SSSR count). The summed E-state index contributed by atoms with van der Waals surface area (Å²) in [5, 5.41) is 4.97. The quantitative estimate of drug-likeness (QED) is 0.867. The zero-order chi connectivity index (χ0) is 19.0. The van der Waals surface area contributed by atoms with E-state index in [9.17, 15) is 4.79 Å². The minimum atomic E-state index is 0.0869. The maximum absolute atomic E-state index is 11.9. The Hall–Kier alpha value is -2.68. The molecule has 0 bridgehead atoms. The molecule has 0 atom stereocenters. The molecule has 4 heterocycles. The van der Waals surface area contributed by atoms with Gasteiger partial charge in [-0.15, -0.1) is 0 Å². The molecule has 1 saturated heterocycles. The standard InChI is InChI=1S/C18H25N7O2/c1-12(26)24-6-3-16-15(11-24)17(22-25(16)13-4-7-27-8-5-13)23(2)14-9-20-18(19)21-10-14/h9-10,13H,3-8,11H2,1-2H3,(H2,19,20,21). The minimum absolute atomic E-state index is 0.0869. The lowest BCUT2D eigenvalue weighted by molar-refractivity contribution is -0.129. The third kappa shape index (κ3) is 3.34. The molecule has 2 aliphatic rings. The van der Waals surface area contributed by atoms with Gasteiger partial charge < -0.3 is 20.3 Å². The Kier molecular flexibility index (Phi) is 4.69. The molecule has 0 spiro atoms. The molecule has 9 nitrogen and oxygen atoms in total. The monoisotopic (exact) mass is 371 g/mol. The number of rotatable bonds is 3. The second-order valence-electron chi connectivity index (χ2n) is 7.09. The van der Waals surface area contributed by atoms with Crippen LogP contribution in [0.15, 0.2) is 12.4 Å². The van der Waals surface area contributed by atoms with Crippen molar-refractivity contribution in [3.8, 4) is 0 Å². The third-order valence-corrected chi connectivity index (χ3v) is 5.41. The highest BCUT2D eigenvalue weighted by Crippen LogP contribution is 2.35. The number of nitrogens with two attached hydrogens (primary N) is 1. The summed E-state index contributed by atoms with van der Waals surface area (Å²) in [5.74, 6) is 1.17. The number of hydrogen-bond donors (Lipinski definition) is 1. The van der Waals surface area contributed by atoms with Crippen molar-refractivity contribution < 1.29 is 9.53 Å². The molecule has 2 aromatic heterocycles. The largest absolute Gasteiger partial charge is 0.381 e. The Morgan fingerprint density at radius 1 is 1.30 bits per heavy atom. The molecule has 0 unspecified atom stereocenters. The van der Waals surface area contributed by atoms with Gasteiger partial charge in [-0.3, -0.25) is 9.48 Å². The van der Waals surface area contributed by atoms with Gasteiger partial charge in [0.1, 0.15) is 0 Å². The van der Waals surface area contributed by atoms with Crippen LogP contribution < -0.4 is 10.6 Å². The molecule has 0 aromatic carbocycles. The van der Waals surface area contributed by atoms with Crippen LogP contribution in [0.3, 0.4) is 0 Å². The van der Waals surface area contributed by atoms with Gasteiger partial charge in [-0.2, -0.15) is 5.10 Å². The molecule has 1 amide bonds. The topological polar surface area (TPSA) is 102 Å². The van der Waals surface area contributed by atoms with E-state index in [1.165, 1.54) is 5.69 Å². The van der Waals surface area contributed by atoms with Gasteiger partial charge >= 0.3 is 0 Å². The summed E-state index contributed by atoms with van der Waals surface area (Å²) in [5.41, 5.74) is 8.74. The van der Waals surface area contributed by atoms with Gasteiger partial charge in [0, 0.05) is 51.4 Å². The first-order chi connectivity index (χ1) is 13.0. The van der Waals surface area contributed by atoms with E-state index in [-0.39, 0.29) is 11.9 Å². The van der Waals surface area contributed by atoms with Crippen molar-refractivity contribution in [1.82, 2.24) is 24.6 Å². The van der Waals surface area contributed by atoms with Crippen molar-refractivity contribution in [3.05, 3.63) is 23.7 Å². The van der Waals surface area contributed by atoms with Gasteiger partial charge in [-0.25, -0.2) is 9.97 Å². The summed E-state index contributed by atoms with van der Waals surface area (Å²) in [4.78, 5) is 24.0. The van der Waals surface area contributed by atoms with E-state index in [2.05, 4.69) is 14.6 Å². The summed E-state index contributed by atoms with van der Waals surface area (Å²) < 4.78 is 7.68. The van der Waals surface area contributed by atoms with Gasteiger partial charge in [-0.05, 0) is 12.8 Å². The molecule has 0 saturated carbocycles. The number of amides is 1. The SMILES string of the molecule is CC(=O)N1CCc2c(c(N(C)c3cnc(N)nc3)nn2C2CCOCC2)C1. The van der Waals surface area contributed by atoms with Crippen LogP contribution in [0, 0.1) is 0 Å². The number of aromatic nitrogens is 4. The second kappa shape index (κ2) is 7.15. The fraction of sp³-hybridized carbons (Fsp3) is 0.556. The van der Waals surface area contributed by atoms with E-state index < -0.39 is 0 Å². The fourth-order valence-corrected chi connectivity index (χ4v) is 3.83. The van der Waals surface area contributed by atoms with E-state index in [4.69, 9.17) is 15.6 Å². The second-order valence-corrected chi connectivity index (χ2v) is 7.09. The molecular weight excluding hydrogens is 346 g/mol. The van der Waals surface area contributed by atoms with Crippen LogP contribution in [0.5, 0.6) is 0 Å². The van der Waals surface area contributed by atoms with Crippen LogP contribution in [-0.2, 0) is 22.5 Å². The smallest absolute Gasteiger partial charge is 0.220 e. The lowest BCUT2D eigenvalue weighted by Crippen LogP contribution is -2.35. The molecule has 2 aromatic rings. The number of fused-ring (bicyclic) bond motifs is 1. The van der Waals surface area contributed by atoms with Gasteiger partial charge in [-0.1, -0.05) is 0 Å². The summed E-state index contributed by atoms with van der Waals surface area (Å²) in [6.45, 7) is 4.44. The van der Waals surface area contributed by atoms with Gasteiger partial charge in [0.25, 0.3) is 0 Å². The highest BCUT2D eigenvalue weighted by atomic mass is 16.5. The summed E-state index contributed by atoms with van der Waals surface area (Å²) in [7, 11) is 1.94. The number of anilines is 3. The summed E-state index contributed by atoms with van der Waals surface area (Å²) in [6.07, 6.45) is 6.10. The lowest BCUT2D eigenvalue weighted by Gasteiger charge is -2.29. The maximum atomic E-state index is 11.9. The van der Waals surface area contributed by atoms with Crippen LogP contribution in [0.25, 0.3) is 0 Å². The van der Waals surface area contributed by atoms with E-state index in [0.29, 0.717) is 12.6 Å². The van der Waals surface area contributed by atoms with Gasteiger partial charge in [0.15, 0.2) is 5.82 Å². The number of hydrogen-bond acceptors (Lipinski definition) is 7. The molecule has 144 valence electrons. The highest BCUT2D eigenvalue weighted by Gasteiger charge is 2.31. The first-order valence-electron chi connectivity index (χ1n) is 9.29. The molecular formula is C18H25N7O2. The van der Waals surface area contributed by atoms with Crippen LogP contribution in [0.1, 0.15) is 37.1 Å². The normalized spacial score (nSPS) is 17.6. The summed E-state index contributed by atoms with van der Waals surface area (Å²) >= 11 is 0. The zero-order valence-corrected chi connectivity index (χ0v) is 15.8. The first kappa shape index (κ1) is 17.7. The maximum Gasteiger partial charge on any atom is 0.220 e. The fourth-order valence-electron chi connectivity index (χ4n) is 3.83. The van der Waals surface area contributed by atoms with Crippen LogP contribution >= 0.6 is 0 Å². The Morgan fingerprint density at radius 2 is 2.00 bits per heavy atom. The average Bonchev–Trinajstić information content (AvgIpc) is 3.07. The molecule has 1 fully saturated rings. The molecule has 9 heteroatoms. The van der Waals surface area contributed by atoms with E-state index in [1.807, 2.05) is 16.8 Å². The van der Waals surface area contributed by atoms with Crippen molar-refractivity contribution in [2.75, 3.05) is 37.4 Å². The number of nitrogen functional groups attached to an aromatic ring is 1. The predicted octanol–water partition coefficient (Wildman–Crippen LogP) is 1.28. The molecule has 0 aliphatic carbocycles. The molecule has 27 heavy (non-hydrogen) atoms. The predicted molar refractivity (Wildman–Crippen MR) is 101 cm³/mol. The zero-order valence-electron chi connectivity index (χ0n) is 15.8. The van der Waals surface area contributed by atoms with Crippen molar-refractivity contribution in [1.29, 1.82) is 0 Å². The Morgan fingerprint density at radius 3 is 2.67 bits per heavy atom. The Labute approximate surface area is 158 Å². The summed E-state index contributed by atoms with van der Waals surface area (Å²) in [6, 6.07) is 0.334. The van der Waals surface area contributed by atoms with Crippen LogP contribution in [0.4, 0.5) is 17.5 Å². The minimum Gasteiger partial charge on any atom is -0.381 e. The number of nitrogens with zero attached hydrogens (tertiary/aromatic N) is 6. The number of carbonyl (C=O) groups excluding carboxylic acids is 1. The van der Waals surface area contributed by atoms with Crippen molar-refractivity contribution >= 4 is 23.4 Å². The first-order valence-corrected chi connectivity index (χ1v) is 9.29. The number of ether oxygens (including phenoxy) is 1. The molecule has 0 radical (unpaired) electrons. The Balaban J connectivity index is 1.74. The van der Waals surface area contributed by atoms with Gasteiger partial charge in [0.2, 0.25) is 11.9 Å². The van der Waals surface area contributed by atoms with E-state index in [0.717, 1.165) is 56.1 Å². The molecule has 2 N–H and O–H groups in total. The van der Waals surface area contributed by atoms with E-state index in [1.54, 1.807) is 19.3 Å². The highest BCUT2D eigenvalue weighted by molar-refractivity contribution is 5.74.